The number of ether oxygens (including phenoxy) is 1. The van der Waals surface area contributed by atoms with Crippen LogP contribution in [0.3, 0.4) is 0 Å². The number of alkyl halides is 2. The van der Waals surface area contributed by atoms with Crippen LogP contribution in [0.15, 0.2) is 67.0 Å². The van der Waals surface area contributed by atoms with Crippen LogP contribution in [0.4, 0.5) is 8.78 Å². The summed E-state index contributed by atoms with van der Waals surface area (Å²) in [5.41, 5.74) is 2.99. The number of benzene rings is 2. The van der Waals surface area contributed by atoms with Gasteiger partial charge in [-0.15, -0.1) is 10.2 Å². The van der Waals surface area contributed by atoms with E-state index >= 15 is 0 Å². The number of rotatable bonds is 7. The molecule has 5 rings (SSSR count). The van der Waals surface area contributed by atoms with Gasteiger partial charge in [0.25, 0.3) is 0 Å². The van der Waals surface area contributed by atoms with E-state index in [9.17, 15) is 8.78 Å². The van der Waals surface area contributed by atoms with E-state index in [2.05, 4.69) is 49.6 Å². The molecule has 2 heterocycles. The number of nitrogens with zero attached hydrogens (tertiary/aromatic N) is 6. The van der Waals surface area contributed by atoms with Gasteiger partial charge in [0.2, 0.25) is 5.82 Å². The summed E-state index contributed by atoms with van der Waals surface area (Å²) in [5, 5.41) is 10.9. The van der Waals surface area contributed by atoms with Crippen LogP contribution in [0.1, 0.15) is 55.6 Å². The summed E-state index contributed by atoms with van der Waals surface area (Å²) in [7, 11) is 0. The number of hydrogen-bond donors (Lipinski definition) is 0. The smallest absolute Gasteiger partial charge is 0.350 e. The lowest BCUT2D eigenvalue weighted by atomic mass is 9.65. The van der Waals surface area contributed by atoms with Crippen LogP contribution in [0.5, 0.6) is 5.75 Å². The van der Waals surface area contributed by atoms with Gasteiger partial charge >= 0.3 is 6.55 Å². The number of aromatic nitrogens is 6. The maximum atomic E-state index is 12.8. The van der Waals surface area contributed by atoms with Crippen LogP contribution in [-0.4, -0.2) is 30.2 Å². The molecule has 0 atom stereocenters. The molecule has 1 fully saturated rings. The van der Waals surface area contributed by atoms with Crippen LogP contribution in [0.25, 0.3) is 11.4 Å². The topological polar surface area (TPSA) is 78.6 Å². The minimum Gasteiger partial charge on any atom is -0.486 e. The molecule has 4 aromatic rings. The molecule has 0 amide bonds. The molecule has 0 unspecified atom stereocenters. The lowest BCUT2D eigenvalue weighted by Gasteiger charge is -2.38. The summed E-state index contributed by atoms with van der Waals surface area (Å²) in [6.45, 7) is -2.49. The molecule has 174 valence electrons. The average molecular weight is 463 g/mol. The predicted octanol–water partition coefficient (Wildman–Crippen LogP) is 5.35. The lowest BCUT2D eigenvalue weighted by molar-refractivity contribution is 0.0397. The fraction of sp³-hybridized carbons (Fsp3) is 0.320. The first-order chi connectivity index (χ1) is 16.6. The normalized spacial score (nSPS) is 15.4. The Hall–Kier alpha value is -3.75. The zero-order valence-electron chi connectivity index (χ0n) is 18.5. The molecule has 0 spiro atoms. The second kappa shape index (κ2) is 9.62. The van der Waals surface area contributed by atoms with E-state index in [-0.39, 0.29) is 11.2 Å². The predicted molar refractivity (Wildman–Crippen MR) is 121 cm³/mol. The van der Waals surface area contributed by atoms with Crippen molar-refractivity contribution in [1.82, 2.24) is 30.2 Å². The van der Waals surface area contributed by atoms with Gasteiger partial charge in [-0.1, -0.05) is 60.5 Å². The van der Waals surface area contributed by atoms with Gasteiger partial charge in [0.15, 0.2) is 5.82 Å². The molecule has 0 saturated heterocycles. The first-order valence-electron chi connectivity index (χ1n) is 11.3. The standard InChI is InChI=1S/C25H24F2N6O/c26-24(27)33-31-23(30-32-33)18-5-7-19(8-6-18)25(13-2-1-3-14-25)20-9-11-21(12-10-20)34-17-22-28-15-4-16-29-22/h4-12,15-16,24H,1-3,13-14,17H2. The van der Waals surface area contributed by atoms with E-state index in [1.807, 2.05) is 24.3 Å². The Bertz CT molecular complexity index is 1210. The van der Waals surface area contributed by atoms with Crippen LogP contribution >= 0.6 is 0 Å². The van der Waals surface area contributed by atoms with Gasteiger partial charge in [-0.05, 0) is 47.4 Å². The van der Waals surface area contributed by atoms with Gasteiger partial charge in [0, 0.05) is 23.4 Å². The quantitative estimate of drug-likeness (QED) is 0.368. The van der Waals surface area contributed by atoms with E-state index in [1.165, 1.54) is 17.5 Å². The molecule has 1 saturated carbocycles. The minimum atomic E-state index is -2.81. The molecular weight excluding hydrogens is 438 g/mol. The molecule has 1 aliphatic carbocycles. The Morgan fingerprint density at radius 2 is 1.53 bits per heavy atom. The van der Waals surface area contributed by atoms with Crippen molar-refractivity contribution in [1.29, 1.82) is 0 Å². The SMILES string of the molecule is FC(F)n1nnc(-c2ccc(C3(c4ccc(OCc5ncccn5)cc4)CCCCC3)cc2)n1. The maximum absolute atomic E-state index is 12.8. The molecule has 2 aromatic heterocycles. The summed E-state index contributed by atoms with van der Waals surface area (Å²) in [5.74, 6) is 1.60. The highest BCUT2D eigenvalue weighted by Gasteiger charge is 2.35. The molecule has 1 aliphatic rings. The molecule has 0 N–H and O–H groups in total. The van der Waals surface area contributed by atoms with Crippen LogP contribution in [0.2, 0.25) is 0 Å². The Labute approximate surface area is 195 Å². The third kappa shape index (κ3) is 4.50. The first kappa shape index (κ1) is 22.1. The summed E-state index contributed by atoms with van der Waals surface area (Å²) in [6, 6.07) is 17.9. The Balaban J connectivity index is 1.38. The molecule has 0 aliphatic heterocycles. The average Bonchev–Trinajstić information content (AvgIpc) is 3.40. The number of tetrazole rings is 1. The van der Waals surface area contributed by atoms with Gasteiger partial charge in [0.05, 0.1) is 0 Å². The molecule has 7 nitrogen and oxygen atoms in total. The molecule has 0 radical (unpaired) electrons. The van der Waals surface area contributed by atoms with Gasteiger partial charge in [-0.25, -0.2) is 9.97 Å². The summed E-state index contributed by atoms with van der Waals surface area (Å²) >= 11 is 0. The second-order valence-corrected chi connectivity index (χ2v) is 8.41. The Morgan fingerprint density at radius 1 is 0.882 bits per heavy atom. The molecule has 34 heavy (non-hydrogen) atoms. The van der Waals surface area contributed by atoms with Crippen LogP contribution < -0.4 is 4.74 Å². The molecule has 9 heteroatoms. The lowest BCUT2D eigenvalue weighted by Crippen LogP contribution is -2.30. The zero-order valence-corrected chi connectivity index (χ0v) is 18.5. The minimum absolute atomic E-state index is 0.105. The van der Waals surface area contributed by atoms with Gasteiger partial charge in [-0.3, -0.25) is 0 Å². The zero-order chi connectivity index (χ0) is 23.4. The third-order valence-electron chi connectivity index (χ3n) is 6.40. The van der Waals surface area contributed by atoms with Crippen molar-refractivity contribution in [3.8, 4) is 17.1 Å². The van der Waals surface area contributed by atoms with Crippen LogP contribution in [0, 0.1) is 0 Å². The van der Waals surface area contributed by atoms with Crippen molar-refractivity contribution in [2.24, 2.45) is 0 Å². The molecule has 0 bridgehead atoms. The monoisotopic (exact) mass is 462 g/mol. The fourth-order valence-electron chi connectivity index (χ4n) is 4.68. The van der Waals surface area contributed by atoms with Crippen molar-refractivity contribution < 1.29 is 13.5 Å². The first-order valence-corrected chi connectivity index (χ1v) is 11.3. The summed E-state index contributed by atoms with van der Waals surface area (Å²) in [6.07, 6.45) is 9.01. The third-order valence-corrected chi connectivity index (χ3v) is 6.40. The van der Waals surface area contributed by atoms with E-state index in [0.717, 1.165) is 31.4 Å². The van der Waals surface area contributed by atoms with Crippen LogP contribution in [-0.2, 0) is 12.0 Å². The summed E-state index contributed by atoms with van der Waals surface area (Å²) in [4.78, 5) is 8.69. The Kier molecular flexibility index (Phi) is 6.24. The fourth-order valence-corrected chi connectivity index (χ4v) is 4.68. The Morgan fingerprint density at radius 3 is 2.15 bits per heavy atom. The van der Waals surface area contributed by atoms with E-state index < -0.39 is 6.55 Å². The van der Waals surface area contributed by atoms with Crippen molar-refractivity contribution in [2.75, 3.05) is 0 Å². The largest absolute Gasteiger partial charge is 0.486 e. The van der Waals surface area contributed by atoms with Crippen molar-refractivity contribution >= 4 is 0 Å². The molecule has 2 aromatic carbocycles. The molecular formula is C25H24F2N6O. The number of halogens is 2. The van der Waals surface area contributed by atoms with Gasteiger partial charge in [0.1, 0.15) is 12.4 Å². The van der Waals surface area contributed by atoms with E-state index in [0.29, 0.717) is 22.8 Å². The number of hydrogen-bond acceptors (Lipinski definition) is 6. The van der Waals surface area contributed by atoms with E-state index in [4.69, 9.17) is 4.74 Å². The summed E-state index contributed by atoms with van der Waals surface area (Å²) < 4.78 is 31.4. The van der Waals surface area contributed by atoms with Crippen molar-refractivity contribution in [2.45, 2.75) is 50.7 Å². The van der Waals surface area contributed by atoms with Crippen molar-refractivity contribution in [3.63, 3.8) is 0 Å². The van der Waals surface area contributed by atoms with E-state index in [1.54, 1.807) is 18.5 Å². The maximum Gasteiger partial charge on any atom is 0.350 e. The van der Waals surface area contributed by atoms with Gasteiger partial charge in [-0.2, -0.15) is 8.78 Å². The van der Waals surface area contributed by atoms with Gasteiger partial charge < -0.3 is 4.74 Å². The highest BCUT2D eigenvalue weighted by Crippen LogP contribution is 2.45. The van der Waals surface area contributed by atoms with Crippen molar-refractivity contribution in [3.05, 3.63) is 83.9 Å². The highest BCUT2D eigenvalue weighted by atomic mass is 19.3. The highest BCUT2D eigenvalue weighted by molar-refractivity contribution is 5.56. The second-order valence-electron chi connectivity index (χ2n) is 8.41.